The molecule has 112 valence electrons. The van der Waals surface area contributed by atoms with Crippen LogP contribution in [0, 0.1) is 0 Å². The van der Waals surface area contributed by atoms with Gasteiger partial charge in [0.1, 0.15) is 5.75 Å². The van der Waals surface area contributed by atoms with Crippen molar-refractivity contribution in [2.24, 2.45) is 7.05 Å². The van der Waals surface area contributed by atoms with Crippen molar-refractivity contribution in [2.45, 2.75) is 38.3 Å². The lowest BCUT2D eigenvalue weighted by Crippen LogP contribution is -2.23. The topological polar surface area (TPSA) is 39.1 Å². The van der Waals surface area contributed by atoms with E-state index in [1.807, 2.05) is 24.0 Å². The summed E-state index contributed by atoms with van der Waals surface area (Å²) in [5, 5.41) is 8.14. The van der Waals surface area contributed by atoms with Gasteiger partial charge in [0.05, 0.1) is 17.8 Å². The van der Waals surface area contributed by atoms with E-state index in [4.69, 9.17) is 4.74 Å². The molecule has 0 saturated heterocycles. The Hall–Kier alpha value is -1.81. The first-order valence-electron chi connectivity index (χ1n) is 7.76. The fourth-order valence-electron chi connectivity index (χ4n) is 2.41. The third-order valence-corrected chi connectivity index (χ3v) is 3.65. The Morgan fingerprint density at radius 2 is 2.24 bits per heavy atom. The van der Waals surface area contributed by atoms with Crippen LogP contribution in [0.1, 0.15) is 43.5 Å². The van der Waals surface area contributed by atoms with Crippen LogP contribution in [0.15, 0.2) is 36.5 Å². The largest absolute Gasteiger partial charge is 0.490 e. The molecule has 1 unspecified atom stereocenters. The van der Waals surface area contributed by atoms with Crippen LogP contribution in [0.5, 0.6) is 5.75 Å². The maximum Gasteiger partial charge on any atom is 0.120 e. The smallest absolute Gasteiger partial charge is 0.120 e. The van der Waals surface area contributed by atoms with Crippen molar-refractivity contribution in [3.05, 3.63) is 47.8 Å². The molecule has 1 fully saturated rings. The van der Waals surface area contributed by atoms with E-state index in [0.29, 0.717) is 6.10 Å². The van der Waals surface area contributed by atoms with E-state index in [0.717, 1.165) is 24.4 Å². The molecule has 4 nitrogen and oxygen atoms in total. The Bertz CT molecular complexity index is 589. The van der Waals surface area contributed by atoms with Crippen LogP contribution >= 0.6 is 0 Å². The minimum absolute atomic E-state index is 0.119. The van der Waals surface area contributed by atoms with Crippen LogP contribution < -0.4 is 10.1 Å². The second-order valence-electron chi connectivity index (χ2n) is 5.69. The zero-order valence-electron chi connectivity index (χ0n) is 12.7. The maximum atomic E-state index is 5.91. The number of nitrogens with one attached hydrogen (secondary N) is 1. The molecule has 0 amide bonds. The number of benzene rings is 1. The first-order chi connectivity index (χ1) is 10.3. The normalized spacial score (nSPS) is 15.9. The van der Waals surface area contributed by atoms with Crippen molar-refractivity contribution in [2.75, 3.05) is 6.54 Å². The minimum atomic E-state index is 0.119. The van der Waals surface area contributed by atoms with Gasteiger partial charge in [0.25, 0.3) is 0 Å². The highest BCUT2D eigenvalue weighted by atomic mass is 16.5. The predicted molar refractivity (Wildman–Crippen MR) is 83.4 cm³/mol. The second-order valence-corrected chi connectivity index (χ2v) is 5.69. The van der Waals surface area contributed by atoms with Gasteiger partial charge in [-0.2, -0.15) is 5.10 Å². The van der Waals surface area contributed by atoms with E-state index >= 15 is 0 Å². The van der Waals surface area contributed by atoms with Crippen LogP contribution in [-0.4, -0.2) is 22.4 Å². The predicted octanol–water partition coefficient (Wildman–Crippen LogP) is 3.05. The number of hydrogen-bond donors (Lipinski definition) is 1. The number of hydrogen-bond acceptors (Lipinski definition) is 3. The van der Waals surface area contributed by atoms with E-state index in [-0.39, 0.29) is 6.04 Å². The molecule has 1 aromatic carbocycles. The molecule has 1 atom stereocenters. The zero-order valence-corrected chi connectivity index (χ0v) is 12.7. The van der Waals surface area contributed by atoms with Crippen molar-refractivity contribution in [1.82, 2.24) is 15.1 Å². The molecule has 4 heteroatoms. The highest BCUT2D eigenvalue weighted by Gasteiger charge is 2.24. The third-order valence-electron chi connectivity index (χ3n) is 3.65. The quantitative estimate of drug-likeness (QED) is 0.850. The summed E-state index contributed by atoms with van der Waals surface area (Å²) in [5.41, 5.74) is 2.26. The minimum Gasteiger partial charge on any atom is -0.490 e. The molecule has 1 aliphatic rings. The molecule has 0 aliphatic heterocycles. The molecular weight excluding hydrogens is 262 g/mol. The van der Waals surface area contributed by atoms with Crippen LogP contribution in [0.4, 0.5) is 0 Å². The number of aryl methyl sites for hydroxylation is 1. The van der Waals surface area contributed by atoms with Gasteiger partial charge in [-0.25, -0.2) is 0 Å². The maximum absolute atomic E-state index is 5.91. The van der Waals surface area contributed by atoms with Crippen LogP contribution in [0.25, 0.3) is 0 Å². The number of aromatic nitrogens is 2. The molecule has 1 N–H and O–H groups in total. The SMILES string of the molecule is CCCNC(c1cccc(OC2CC2)c1)c1ccn(C)n1. The standard InChI is InChI=1S/C17H23N3O/c1-3-10-18-17(16-9-11-20(2)19-16)13-5-4-6-15(12-13)21-14-7-8-14/h4-6,9,11-12,14,17-18H,3,7-8,10H2,1-2H3. The Morgan fingerprint density at radius 3 is 2.90 bits per heavy atom. The molecular formula is C17H23N3O. The highest BCUT2D eigenvalue weighted by Crippen LogP contribution is 2.29. The van der Waals surface area contributed by atoms with E-state index < -0.39 is 0 Å². The van der Waals surface area contributed by atoms with Crippen molar-refractivity contribution >= 4 is 0 Å². The summed E-state index contributed by atoms with van der Waals surface area (Å²) >= 11 is 0. The fraction of sp³-hybridized carbons (Fsp3) is 0.471. The average Bonchev–Trinajstić information content (AvgIpc) is 3.19. The molecule has 1 aliphatic carbocycles. The molecule has 1 aromatic heterocycles. The second kappa shape index (κ2) is 6.31. The van der Waals surface area contributed by atoms with Gasteiger partial charge >= 0.3 is 0 Å². The van der Waals surface area contributed by atoms with Gasteiger partial charge in [0, 0.05) is 13.2 Å². The first-order valence-corrected chi connectivity index (χ1v) is 7.76. The summed E-state index contributed by atoms with van der Waals surface area (Å²) in [6, 6.07) is 10.6. The van der Waals surface area contributed by atoms with Crippen molar-refractivity contribution in [1.29, 1.82) is 0 Å². The van der Waals surface area contributed by atoms with Crippen molar-refractivity contribution in [3.8, 4) is 5.75 Å². The molecule has 0 bridgehead atoms. The Kier molecular flexibility index (Phi) is 4.25. The lowest BCUT2D eigenvalue weighted by atomic mass is 10.0. The molecule has 0 radical (unpaired) electrons. The number of nitrogens with zero attached hydrogens (tertiary/aromatic N) is 2. The Labute approximate surface area is 126 Å². The third kappa shape index (κ3) is 3.64. The summed E-state index contributed by atoms with van der Waals surface area (Å²) in [4.78, 5) is 0. The van der Waals surface area contributed by atoms with E-state index in [9.17, 15) is 0 Å². The monoisotopic (exact) mass is 285 g/mol. The molecule has 1 saturated carbocycles. The zero-order chi connectivity index (χ0) is 14.7. The molecule has 21 heavy (non-hydrogen) atoms. The lowest BCUT2D eigenvalue weighted by molar-refractivity contribution is 0.302. The van der Waals surface area contributed by atoms with Gasteiger partial charge in [-0.15, -0.1) is 0 Å². The molecule has 2 aromatic rings. The molecule has 1 heterocycles. The average molecular weight is 285 g/mol. The van der Waals surface area contributed by atoms with Gasteiger partial charge in [0.2, 0.25) is 0 Å². The summed E-state index contributed by atoms with van der Waals surface area (Å²) in [6.07, 6.45) is 5.88. The Balaban J connectivity index is 1.83. The van der Waals surface area contributed by atoms with Crippen molar-refractivity contribution < 1.29 is 4.74 Å². The van der Waals surface area contributed by atoms with Gasteiger partial charge in [0.15, 0.2) is 0 Å². The van der Waals surface area contributed by atoms with Gasteiger partial charge in [-0.1, -0.05) is 19.1 Å². The number of ether oxygens (including phenoxy) is 1. The first kappa shape index (κ1) is 14.1. The fourth-order valence-corrected chi connectivity index (χ4v) is 2.41. The summed E-state index contributed by atoms with van der Waals surface area (Å²) < 4.78 is 7.76. The van der Waals surface area contributed by atoms with Gasteiger partial charge in [-0.3, -0.25) is 4.68 Å². The van der Waals surface area contributed by atoms with Crippen LogP contribution in [0.2, 0.25) is 0 Å². The molecule has 0 spiro atoms. The lowest BCUT2D eigenvalue weighted by Gasteiger charge is -2.18. The van der Waals surface area contributed by atoms with Gasteiger partial charge in [-0.05, 0) is 49.6 Å². The summed E-state index contributed by atoms with van der Waals surface area (Å²) in [7, 11) is 1.95. The van der Waals surface area contributed by atoms with Crippen LogP contribution in [-0.2, 0) is 7.05 Å². The van der Waals surface area contributed by atoms with Gasteiger partial charge < -0.3 is 10.1 Å². The number of rotatable bonds is 7. The van der Waals surface area contributed by atoms with E-state index in [1.54, 1.807) is 0 Å². The van der Waals surface area contributed by atoms with E-state index in [2.05, 4.69) is 41.6 Å². The summed E-state index contributed by atoms with van der Waals surface area (Å²) in [5.74, 6) is 0.967. The highest BCUT2D eigenvalue weighted by molar-refractivity contribution is 5.34. The van der Waals surface area contributed by atoms with Crippen LogP contribution in [0.3, 0.4) is 0 Å². The van der Waals surface area contributed by atoms with E-state index in [1.165, 1.54) is 18.4 Å². The molecule has 3 rings (SSSR count). The van der Waals surface area contributed by atoms with Crippen molar-refractivity contribution in [3.63, 3.8) is 0 Å². The Morgan fingerprint density at radius 1 is 1.38 bits per heavy atom. The summed E-state index contributed by atoms with van der Waals surface area (Å²) in [6.45, 7) is 3.14.